The van der Waals surface area contributed by atoms with Crippen LogP contribution < -0.4 is 0 Å². The Balaban J connectivity index is 2.70. The molecule has 4 nitrogen and oxygen atoms in total. The van der Waals surface area contributed by atoms with Crippen molar-refractivity contribution in [1.82, 2.24) is 0 Å². The summed E-state index contributed by atoms with van der Waals surface area (Å²) in [6.07, 6.45) is 0. The summed E-state index contributed by atoms with van der Waals surface area (Å²) in [4.78, 5) is 23.3. The molecule has 2 unspecified atom stereocenters. The van der Waals surface area contributed by atoms with E-state index in [9.17, 15) is 9.59 Å². The van der Waals surface area contributed by atoms with Crippen LogP contribution in [0.4, 0.5) is 0 Å². The average Bonchev–Trinajstić information content (AvgIpc) is 2.64. The van der Waals surface area contributed by atoms with Gasteiger partial charge < -0.3 is 9.47 Å². The van der Waals surface area contributed by atoms with E-state index in [1.165, 1.54) is 7.11 Å². The molecule has 0 heterocycles. The van der Waals surface area contributed by atoms with E-state index in [-0.39, 0.29) is 29.2 Å². The van der Waals surface area contributed by atoms with Crippen molar-refractivity contribution in [3.8, 4) is 0 Å². The molecule has 0 aromatic carbocycles. The maximum Gasteiger partial charge on any atom is 0.310 e. The summed E-state index contributed by atoms with van der Waals surface area (Å²) in [5.41, 5.74) is -0.869. The first-order chi connectivity index (χ1) is 7.11. The van der Waals surface area contributed by atoms with E-state index in [1.54, 1.807) is 0 Å². The third-order valence-electron chi connectivity index (χ3n) is 2.94. The van der Waals surface area contributed by atoms with Crippen LogP contribution in [0.3, 0.4) is 0 Å². The monoisotopic (exact) mass is 228 g/mol. The number of hydrogen-bond acceptors (Lipinski definition) is 4. The highest BCUT2D eigenvalue weighted by Crippen LogP contribution is 2.59. The lowest BCUT2D eigenvalue weighted by Crippen LogP contribution is -2.26. The van der Waals surface area contributed by atoms with Gasteiger partial charge in [0.05, 0.1) is 18.9 Å². The molecule has 0 spiro atoms. The summed E-state index contributed by atoms with van der Waals surface area (Å²) in [5.74, 6) is -1.39. The Morgan fingerprint density at radius 3 is 1.88 bits per heavy atom. The van der Waals surface area contributed by atoms with E-state index in [2.05, 4.69) is 4.74 Å². The second kappa shape index (κ2) is 3.75. The molecule has 0 saturated heterocycles. The van der Waals surface area contributed by atoms with Crippen molar-refractivity contribution >= 4 is 11.9 Å². The van der Waals surface area contributed by atoms with Crippen LogP contribution in [0.15, 0.2) is 0 Å². The molecule has 0 radical (unpaired) electrons. The summed E-state index contributed by atoms with van der Waals surface area (Å²) < 4.78 is 9.95. The highest BCUT2D eigenvalue weighted by atomic mass is 16.6. The van der Waals surface area contributed by atoms with Gasteiger partial charge in [-0.1, -0.05) is 13.8 Å². The predicted molar refractivity (Wildman–Crippen MR) is 58.6 cm³/mol. The van der Waals surface area contributed by atoms with Gasteiger partial charge in [0.2, 0.25) is 0 Å². The number of carbonyl (C=O) groups is 2. The lowest BCUT2D eigenvalue weighted by atomic mass is 10.1. The van der Waals surface area contributed by atoms with E-state index in [0.29, 0.717) is 0 Å². The largest absolute Gasteiger partial charge is 0.469 e. The Bertz CT molecular complexity index is 311. The second-order valence-electron chi connectivity index (χ2n) is 5.83. The molecule has 0 bridgehead atoms. The standard InChI is InChI=1S/C12H20O4/c1-11(2,3)16-10(14)8-7(9(13)15-6)12(8,4)5/h7-8H,1-6H3. The van der Waals surface area contributed by atoms with Gasteiger partial charge in [0.25, 0.3) is 0 Å². The van der Waals surface area contributed by atoms with E-state index in [0.717, 1.165) is 0 Å². The fraction of sp³-hybridized carbons (Fsp3) is 0.833. The SMILES string of the molecule is COC(=O)C1C(C(=O)OC(C)(C)C)C1(C)C. The number of ether oxygens (including phenoxy) is 2. The Hall–Kier alpha value is -1.06. The van der Waals surface area contributed by atoms with Gasteiger partial charge in [-0.3, -0.25) is 9.59 Å². The van der Waals surface area contributed by atoms with E-state index >= 15 is 0 Å². The van der Waals surface area contributed by atoms with Crippen molar-refractivity contribution in [2.24, 2.45) is 17.3 Å². The van der Waals surface area contributed by atoms with Crippen LogP contribution in [0.1, 0.15) is 34.6 Å². The molecule has 0 amide bonds. The summed E-state index contributed by atoms with van der Waals surface area (Å²) in [7, 11) is 1.34. The summed E-state index contributed by atoms with van der Waals surface area (Å²) in [6.45, 7) is 9.20. The Labute approximate surface area is 96.3 Å². The molecule has 1 fully saturated rings. The van der Waals surface area contributed by atoms with E-state index in [1.807, 2.05) is 34.6 Å². The first kappa shape index (κ1) is 13.0. The minimum Gasteiger partial charge on any atom is -0.469 e. The van der Waals surface area contributed by atoms with E-state index < -0.39 is 5.60 Å². The van der Waals surface area contributed by atoms with Crippen molar-refractivity contribution in [2.45, 2.75) is 40.2 Å². The zero-order valence-electron chi connectivity index (χ0n) is 10.8. The van der Waals surface area contributed by atoms with Crippen molar-refractivity contribution in [1.29, 1.82) is 0 Å². The van der Waals surface area contributed by atoms with Crippen molar-refractivity contribution in [3.05, 3.63) is 0 Å². The normalized spacial score (nSPS) is 27.1. The highest BCUT2D eigenvalue weighted by Gasteiger charge is 2.67. The van der Waals surface area contributed by atoms with Gasteiger partial charge in [0.15, 0.2) is 0 Å². The molecule has 92 valence electrons. The Kier molecular flexibility index (Phi) is 3.05. The summed E-state index contributed by atoms with van der Waals surface area (Å²) in [6, 6.07) is 0. The average molecular weight is 228 g/mol. The van der Waals surface area contributed by atoms with Crippen molar-refractivity contribution < 1.29 is 19.1 Å². The first-order valence-electron chi connectivity index (χ1n) is 5.42. The molecule has 1 aliphatic carbocycles. The molecule has 0 aromatic heterocycles. The summed E-state index contributed by atoms with van der Waals surface area (Å²) >= 11 is 0. The fourth-order valence-electron chi connectivity index (χ4n) is 2.01. The van der Waals surface area contributed by atoms with Gasteiger partial charge in [-0.25, -0.2) is 0 Å². The number of methoxy groups -OCH3 is 1. The Morgan fingerprint density at radius 2 is 1.50 bits per heavy atom. The molecule has 0 N–H and O–H groups in total. The van der Waals surface area contributed by atoms with Crippen LogP contribution in [-0.2, 0) is 19.1 Å². The molecule has 4 heteroatoms. The van der Waals surface area contributed by atoms with Gasteiger partial charge in [-0.2, -0.15) is 0 Å². The fourth-order valence-corrected chi connectivity index (χ4v) is 2.01. The first-order valence-corrected chi connectivity index (χ1v) is 5.42. The number of carbonyl (C=O) groups excluding carboxylic acids is 2. The minimum atomic E-state index is -0.517. The Morgan fingerprint density at radius 1 is 1.06 bits per heavy atom. The second-order valence-corrected chi connectivity index (χ2v) is 5.83. The van der Waals surface area contributed by atoms with Gasteiger partial charge in [0, 0.05) is 0 Å². The zero-order valence-corrected chi connectivity index (χ0v) is 10.8. The maximum atomic E-state index is 11.8. The minimum absolute atomic E-state index is 0.312. The van der Waals surface area contributed by atoms with Crippen LogP contribution in [0.5, 0.6) is 0 Å². The van der Waals surface area contributed by atoms with Crippen LogP contribution in [0.25, 0.3) is 0 Å². The van der Waals surface area contributed by atoms with Crippen LogP contribution >= 0.6 is 0 Å². The van der Waals surface area contributed by atoms with Crippen LogP contribution in [0, 0.1) is 17.3 Å². The van der Waals surface area contributed by atoms with Crippen LogP contribution in [-0.4, -0.2) is 24.6 Å². The van der Waals surface area contributed by atoms with Gasteiger partial charge in [-0.05, 0) is 26.2 Å². The number of esters is 2. The maximum absolute atomic E-state index is 11.8. The topological polar surface area (TPSA) is 52.6 Å². The highest BCUT2D eigenvalue weighted by molar-refractivity contribution is 5.89. The quantitative estimate of drug-likeness (QED) is 0.676. The lowest BCUT2D eigenvalue weighted by molar-refractivity contribution is -0.159. The van der Waals surface area contributed by atoms with Gasteiger partial charge in [-0.15, -0.1) is 0 Å². The molecule has 16 heavy (non-hydrogen) atoms. The van der Waals surface area contributed by atoms with Crippen LogP contribution in [0.2, 0.25) is 0 Å². The van der Waals surface area contributed by atoms with Crippen molar-refractivity contribution in [3.63, 3.8) is 0 Å². The number of hydrogen-bond donors (Lipinski definition) is 0. The zero-order chi connectivity index (χ0) is 12.7. The van der Waals surface area contributed by atoms with Gasteiger partial charge >= 0.3 is 11.9 Å². The molecule has 2 atom stereocenters. The molecule has 1 aliphatic rings. The van der Waals surface area contributed by atoms with Crippen molar-refractivity contribution in [2.75, 3.05) is 7.11 Å². The van der Waals surface area contributed by atoms with Gasteiger partial charge in [0.1, 0.15) is 5.60 Å². The number of rotatable bonds is 2. The van der Waals surface area contributed by atoms with E-state index in [4.69, 9.17) is 4.74 Å². The molecule has 1 rings (SSSR count). The summed E-state index contributed by atoms with van der Waals surface area (Å²) in [5, 5.41) is 0. The molecular formula is C12H20O4. The smallest absolute Gasteiger partial charge is 0.310 e. The molecule has 0 aliphatic heterocycles. The third-order valence-corrected chi connectivity index (χ3v) is 2.94. The molecule has 0 aromatic rings. The predicted octanol–water partition coefficient (Wildman–Crippen LogP) is 1.77. The molecule has 1 saturated carbocycles. The molecular weight excluding hydrogens is 208 g/mol. The lowest BCUT2D eigenvalue weighted by Gasteiger charge is -2.19. The third kappa shape index (κ3) is 2.36.